The van der Waals surface area contributed by atoms with Crippen molar-refractivity contribution in [2.45, 2.75) is 17.8 Å². The molecular formula is C19H16BrN5OS. The predicted octanol–water partition coefficient (Wildman–Crippen LogP) is 4.90. The van der Waals surface area contributed by atoms with Crippen LogP contribution >= 0.6 is 27.7 Å². The summed E-state index contributed by atoms with van der Waals surface area (Å²) in [5.41, 5.74) is 3.12. The number of hydrogen-bond acceptors (Lipinski definition) is 6. The molecule has 2 aromatic heterocycles. The molecule has 0 bridgehead atoms. The van der Waals surface area contributed by atoms with Gasteiger partial charge in [-0.15, -0.1) is 20.4 Å². The molecule has 27 heavy (non-hydrogen) atoms. The first-order chi connectivity index (χ1) is 13.1. The normalized spacial score (nSPS) is 11.1. The van der Waals surface area contributed by atoms with E-state index in [1.807, 2.05) is 48.0 Å². The molecule has 0 saturated heterocycles. The molecule has 4 rings (SSSR count). The third-order valence-corrected chi connectivity index (χ3v) is 5.81. The third-order valence-electron chi connectivity index (χ3n) is 4.12. The van der Waals surface area contributed by atoms with Gasteiger partial charge in [-0.2, -0.15) is 0 Å². The Bertz CT molecular complexity index is 1090. The van der Waals surface area contributed by atoms with E-state index >= 15 is 0 Å². The lowest BCUT2D eigenvalue weighted by Gasteiger charge is -2.05. The van der Waals surface area contributed by atoms with E-state index in [1.54, 1.807) is 0 Å². The van der Waals surface area contributed by atoms with Gasteiger partial charge in [-0.3, -0.25) is 0 Å². The fourth-order valence-electron chi connectivity index (χ4n) is 2.68. The van der Waals surface area contributed by atoms with Gasteiger partial charge in [0.25, 0.3) is 0 Å². The molecule has 0 unspecified atom stereocenters. The van der Waals surface area contributed by atoms with Crippen molar-refractivity contribution < 1.29 is 4.42 Å². The molecule has 0 amide bonds. The van der Waals surface area contributed by atoms with Crippen molar-refractivity contribution in [2.24, 2.45) is 7.05 Å². The van der Waals surface area contributed by atoms with Crippen LogP contribution in [0.1, 0.15) is 11.5 Å². The topological polar surface area (TPSA) is 69.6 Å². The van der Waals surface area contributed by atoms with Crippen molar-refractivity contribution in [3.63, 3.8) is 0 Å². The van der Waals surface area contributed by atoms with Gasteiger partial charge >= 0.3 is 0 Å². The fraction of sp³-hybridized carbons (Fsp3) is 0.158. The highest BCUT2D eigenvalue weighted by atomic mass is 79.9. The molecular weight excluding hydrogens is 426 g/mol. The van der Waals surface area contributed by atoms with Crippen LogP contribution in [0.2, 0.25) is 0 Å². The molecule has 0 aliphatic carbocycles. The van der Waals surface area contributed by atoms with E-state index in [2.05, 4.69) is 55.4 Å². The molecule has 0 fully saturated rings. The summed E-state index contributed by atoms with van der Waals surface area (Å²) in [4.78, 5) is 0. The van der Waals surface area contributed by atoms with Crippen LogP contribution in [0.3, 0.4) is 0 Å². The van der Waals surface area contributed by atoms with Gasteiger partial charge in [0.2, 0.25) is 11.8 Å². The zero-order chi connectivity index (χ0) is 18.8. The van der Waals surface area contributed by atoms with Crippen LogP contribution in [0.5, 0.6) is 0 Å². The number of halogens is 1. The highest BCUT2D eigenvalue weighted by Gasteiger charge is 2.15. The molecule has 8 heteroatoms. The molecule has 0 spiro atoms. The second-order valence-corrected chi connectivity index (χ2v) is 7.75. The summed E-state index contributed by atoms with van der Waals surface area (Å²) in [5, 5.41) is 17.7. The number of rotatable bonds is 5. The van der Waals surface area contributed by atoms with Crippen LogP contribution in [0, 0.1) is 6.92 Å². The number of aromatic nitrogens is 5. The molecule has 2 aromatic carbocycles. The maximum absolute atomic E-state index is 5.79. The van der Waals surface area contributed by atoms with Gasteiger partial charge < -0.3 is 8.98 Å². The van der Waals surface area contributed by atoms with Crippen LogP contribution in [0.25, 0.3) is 22.8 Å². The number of aryl methyl sites for hydroxylation is 1. The summed E-state index contributed by atoms with van der Waals surface area (Å²) in [5.74, 6) is 2.41. The second kappa shape index (κ2) is 7.66. The highest BCUT2D eigenvalue weighted by molar-refractivity contribution is 9.10. The Labute approximate surface area is 169 Å². The lowest BCUT2D eigenvalue weighted by molar-refractivity contribution is 0.528. The van der Waals surface area contributed by atoms with Crippen molar-refractivity contribution in [2.75, 3.05) is 0 Å². The van der Waals surface area contributed by atoms with Crippen LogP contribution < -0.4 is 0 Å². The summed E-state index contributed by atoms with van der Waals surface area (Å²) in [6, 6.07) is 15.9. The first-order valence-corrected chi connectivity index (χ1v) is 10.1. The molecule has 0 aliphatic rings. The number of thioether (sulfide) groups is 1. The maximum atomic E-state index is 5.79. The Morgan fingerprint density at radius 1 is 0.963 bits per heavy atom. The van der Waals surface area contributed by atoms with Crippen LogP contribution in [-0.2, 0) is 12.8 Å². The molecule has 0 atom stereocenters. The van der Waals surface area contributed by atoms with Gasteiger partial charge in [0.05, 0.1) is 11.3 Å². The number of benzene rings is 2. The summed E-state index contributed by atoms with van der Waals surface area (Å²) in [6.45, 7) is 2.07. The Balaban J connectivity index is 1.51. The molecule has 0 saturated carbocycles. The first-order valence-electron chi connectivity index (χ1n) is 8.29. The van der Waals surface area contributed by atoms with E-state index in [0.717, 1.165) is 26.6 Å². The molecule has 2 heterocycles. The lowest BCUT2D eigenvalue weighted by Crippen LogP contribution is -1.96. The Hall–Kier alpha value is -2.45. The van der Waals surface area contributed by atoms with Gasteiger partial charge in [-0.05, 0) is 40.5 Å². The zero-order valence-electron chi connectivity index (χ0n) is 14.8. The summed E-state index contributed by atoms with van der Waals surface area (Å²) < 4.78 is 8.70. The third kappa shape index (κ3) is 3.68. The minimum atomic E-state index is 0.497. The minimum Gasteiger partial charge on any atom is -0.420 e. The second-order valence-electron chi connectivity index (χ2n) is 5.95. The van der Waals surface area contributed by atoms with E-state index in [-0.39, 0.29) is 0 Å². The maximum Gasteiger partial charge on any atom is 0.248 e. The van der Waals surface area contributed by atoms with Gasteiger partial charge in [0, 0.05) is 17.1 Å². The minimum absolute atomic E-state index is 0.497. The Kier molecular flexibility index (Phi) is 5.09. The van der Waals surface area contributed by atoms with Crippen molar-refractivity contribution in [3.05, 3.63) is 64.5 Å². The van der Waals surface area contributed by atoms with E-state index in [4.69, 9.17) is 4.42 Å². The van der Waals surface area contributed by atoms with E-state index in [0.29, 0.717) is 17.5 Å². The lowest BCUT2D eigenvalue weighted by atomic mass is 10.1. The fourth-order valence-corrected chi connectivity index (χ4v) is 3.88. The van der Waals surface area contributed by atoms with E-state index < -0.39 is 0 Å². The molecule has 0 radical (unpaired) electrons. The average molecular weight is 442 g/mol. The van der Waals surface area contributed by atoms with Crippen molar-refractivity contribution in [1.82, 2.24) is 25.0 Å². The standard InChI is InChI=1S/C19H16BrN5OS/c1-12-7-3-4-8-13(12)17-22-24-19(25(17)2)27-11-16-21-23-18(26-16)14-9-5-6-10-15(14)20/h3-10H,11H2,1-2H3. The number of hydrogen-bond donors (Lipinski definition) is 0. The Morgan fingerprint density at radius 2 is 1.70 bits per heavy atom. The largest absolute Gasteiger partial charge is 0.420 e. The molecule has 6 nitrogen and oxygen atoms in total. The monoisotopic (exact) mass is 441 g/mol. The SMILES string of the molecule is Cc1ccccc1-c1nnc(SCc2nnc(-c3ccccc3Br)o2)n1C. The quantitative estimate of drug-likeness (QED) is 0.410. The van der Waals surface area contributed by atoms with Gasteiger partial charge in [0.15, 0.2) is 11.0 Å². The number of nitrogens with zero attached hydrogens (tertiary/aromatic N) is 5. The smallest absolute Gasteiger partial charge is 0.248 e. The van der Waals surface area contributed by atoms with E-state index in [9.17, 15) is 0 Å². The van der Waals surface area contributed by atoms with Crippen LogP contribution in [0.4, 0.5) is 0 Å². The van der Waals surface area contributed by atoms with Crippen molar-refractivity contribution >= 4 is 27.7 Å². The van der Waals surface area contributed by atoms with Gasteiger partial charge in [-0.1, -0.05) is 48.2 Å². The Morgan fingerprint density at radius 3 is 2.48 bits per heavy atom. The van der Waals surface area contributed by atoms with Gasteiger partial charge in [0.1, 0.15) is 0 Å². The van der Waals surface area contributed by atoms with Gasteiger partial charge in [-0.25, -0.2) is 0 Å². The molecule has 136 valence electrons. The predicted molar refractivity (Wildman–Crippen MR) is 108 cm³/mol. The summed E-state index contributed by atoms with van der Waals surface area (Å²) >= 11 is 5.02. The first kappa shape index (κ1) is 17.9. The van der Waals surface area contributed by atoms with Crippen molar-refractivity contribution in [3.8, 4) is 22.8 Å². The summed E-state index contributed by atoms with van der Waals surface area (Å²) in [6.07, 6.45) is 0. The summed E-state index contributed by atoms with van der Waals surface area (Å²) in [7, 11) is 1.96. The molecule has 0 aliphatic heterocycles. The van der Waals surface area contributed by atoms with Crippen LogP contribution in [0.15, 0.2) is 62.6 Å². The zero-order valence-corrected chi connectivity index (χ0v) is 17.2. The highest BCUT2D eigenvalue weighted by Crippen LogP contribution is 2.29. The van der Waals surface area contributed by atoms with Crippen LogP contribution in [-0.4, -0.2) is 25.0 Å². The average Bonchev–Trinajstić information content (AvgIpc) is 3.28. The molecule has 0 N–H and O–H groups in total. The van der Waals surface area contributed by atoms with E-state index in [1.165, 1.54) is 17.3 Å². The van der Waals surface area contributed by atoms with Crippen molar-refractivity contribution in [1.29, 1.82) is 0 Å². The molecule has 4 aromatic rings.